The van der Waals surface area contributed by atoms with Gasteiger partial charge in [-0.15, -0.1) is 0 Å². The molecule has 2 nitrogen and oxygen atoms in total. The van der Waals surface area contributed by atoms with Gasteiger partial charge in [0, 0.05) is 10.9 Å². The molecule has 0 saturated heterocycles. The molecule has 0 unspecified atom stereocenters. The van der Waals surface area contributed by atoms with Crippen molar-refractivity contribution in [2.75, 3.05) is 0 Å². The molecule has 0 aliphatic rings. The van der Waals surface area contributed by atoms with E-state index < -0.39 is 10.9 Å². The van der Waals surface area contributed by atoms with E-state index in [1.165, 1.54) is 44.5 Å². The Morgan fingerprint density at radius 2 is 0.560 bits per heavy atom. The second-order valence-corrected chi connectivity index (χ2v) is 19.2. The molecular formula is C46H66B2N2. The minimum atomic E-state index is -0.569. The molecule has 0 saturated carbocycles. The zero-order valence-electron chi connectivity index (χ0n) is 33.6. The van der Waals surface area contributed by atoms with Gasteiger partial charge in [0.2, 0.25) is 0 Å². The van der Waals surface area contributed by atoms with Crippen LogP contribution in [-0.4, -0.2) is 14.6 Å². The predicted molar refractivity (Wildman–Crippen MR) is 224 cm³/mol. The number of nitrogens with two attached hydrogens (primary N) is 2. The molecule has 0 aromatic heterocycles. The highest BCUT2D eigenvalue weighted by Crippen LogP contribution is 2.36. The average molecular weight is 669 g/mol. The predicted octanol–water partition coefficient (Wildman–Crippen LogP) is 10.4. The van der Waals surface area contributed by atoms with Gasteiger partial charge in [0.25, 0.3) is 0 Å². The lowest BCUT2D eigenvalue weighted by Gasteiger charge is -2.34. The van der Waals surface area contributed by atoms with Crippen molar-refractivity contribution < 1.29 is 0 Å². The van der Waals surface area contributed by atoms with E-state index in [9.17, 15) is 0 Å². The van der Waals surface area contributed by atoms with E-state index in [0.717, 1.165) is 40.0 Å². The van der Waals surface area contributed by atoms with Gasteiger partial charge in [0.1, 0.15) is 0 Å². The molecule has 0 radical (unpaired) electrons. The van der Waals surface area contributed by atoms with Crippen LogP contribution in [0.25, 0.3) is 0 Å². The summed E-state index contributed by atoms with van der Waals surface area (Å²) in [5.74, 6) is 0. The van der Waals surface area contributed by atoms with Crippen LogP contribution in [0.5, 0.6) is 0 Å². The molecule has 0 aliphatic carbocycles. The van der Waals surface area contributed by atoms with Gasteiger partial charge < -0.3 is 11.5 Å². The standard InChI is InChI=1S/C46H66B2N2/c1-41(2,3)33-19-15-23-37(29-33)45(49,38-24-16-20-34(30-38)42(4,5)6)47-27-13-14-28-48-46(50,39-25-17-21-35(31-39)43(7,8)9)40-26-18-22-36(32-40)44(10,11)12/h15-26,29-32,47-48H,13-14,27-28,49-50H2,1-12H3. The molecule has 4 heteroatoms. The first-order valence-electron chi connectivity index (χ1n) is 19.1. The van der Waals surface area contributed by atoms with Crippen LogP contribution in [0.2, 0.25) is 12.6 Å². The molecule has 0 heterocycles. The van der Waals surface area contributed by atoms with Crippen molar-refractivity contribution in [2.24, 2.45) is 11.5 Å². The van der Waals surface area contributed by atoms with E-state index in [1.807, 2.05) is 0 Å². The van der Waals surface area contributed by atoms with Crippen molar-refractivity contribution in [3.05, 3.63) is 142 Å². The maximum atomic E-state index is 7.58. The van der Waals surface area contributed by atoms with E-state index >= 15 is 0 Å². The topological polar surface area (TPSA) is 52.0 Å². The van der Waals surface area contributed by atoms with Gasteiger partial charge >= 0.3 is 0 Å². The Bertz CT molecular complexity index is 1480. The van der Waals surface area contributed by atoms with Gasteiger partial charge in [0.15, 0.2) is 14.6 Å². The molecule has 0 spiro atoms. The van der Waals surface area contributed by atoms with Crippen LogP contribution in [0.3, 0.4) is 0 Å². The molecule has 0 aliphatic heterocycles. The number of benzene rings is 4. The number of hydrogen-bond acceptors (Lipinski definition) is 2. The monoisotopic (exact) mass is 669 g/mol. The lowest BCUT2D eigenvalue weighted by Crippen LogP contribution is -2.45. The van der Waals surface area contributed by atoms with Crippen LogP contribution in [0, 0.1) is 0 Å². The molecule has 4 rings (SSSR count). The third-order valence-corrected chi connectivity index (χ3v) is 10.9. The Kier molecular flexibility index (Phi) is 11.8. The normalized spacial score (nSPS) is 13.3. The number of hydrogen-bond donors (Lipinski definition) is 2. The molecule has 4 aromatic carbocycles. The fourth-order valence-corrected chi connectivity index (χ4v) is 7.12. The summed E-state index contributed by atoms with van der Waals surface area (Å²) in [6.07, 6.45) is 4.31. The third kappa shape index (κ3) is 9.42. The van der Waals surface area contributed by atoms with E-state index in [-0.39, 0.29) is 21.7 Å². The first-order chi connectivity index (χ1) is 23.0. The summed E-state index contributed by atoms with van der Waals surface area (Å²) in [6.45, 7) is 27.3. The maximum absolute atomic E-state index is 7.58. The first kappa shape index (κ1) is 39.7. The van der Waals surface area contributed by atoms with Crippen LogP contribution in [0.4, 0.5) is 0 Å². The van der Waals surface area contributed by atoms with Crippen molar-refractivity contribution >= 4 is 14.6 Å². The Morgan fingerprint density at radius 1 is 0.360 bits per heavy atom. The highest BCUT2D eigenvalue weighted by Gasteiger charge is 2.34. The van der Waals surface area contributed by atoms with Crippen molar-refractivity contribution in [3.8, 4) is 0 Å². The van der Waals surface area contributed by atoms with Crippen LogP contribution in [0.1, 0.15) is 140 Å². The zero-order chi connectivity index (χ0) is 37.2. The van der Waals surface area contributed by atoms with Crippen molar-refractivity contribution in [1.29, 1.82) is 0 Å². The van der Waals surface area contributed by atoms with Crippen LogP contribution in [-0.2, 0) is 32.5 Å². The highest BCUT2D eigenvalue weighted by atomic mass is 14.7. The molecule has 4 N–H and O–H groups in total. The molecule has 0 atom stereocenters. The molecule has 0 bridgehead atoms. The summed E-state index contributed by atoms with van der Waals surface area (Å²) in [7, 11) is 1.78. The summed E-state index contributed by atoms with van der Waals surface area (Å²) >= 11 is 0. The summed E-state index contributed by atoms with van der Waals surface area (Å²) < 4.78 is 0. The average Bonchev–Trinajstić information content (AvgIpc) is 3.05. The third-order valence-electron chi connectivity index (χ3n) is 10.9. The lowest BCUT2D eigenvalue weighted by molar-refractivity contribution is 0.584. The summed E-state index contributed by atoms with van der Waals surface area (Å²) in [4.78, 5) is 0. The minimum absolute atomic E-state index is 0.0533. The number of rotatable bonds is 11. The summed E-state index contributed by atoms with van der Waals surface area (Å²) in [6, 6.07) is 36.1. The van der Waals surface area contributed by atoms with Crippen molar-refractivity contribution in [2.45, 2.75) is 141 Å². The number of unbranched alkanes of at least 4 members (excludes halogenated alkanes) is 1. The quantitative estimate of drug-likeness (QED) is 0.123. The minimum Gasteiger partial charge on any atom is -0.325 e. The Hall–Kier alpha value is -3.07. The maximum Gasteiger partial charge on any atom is 0.157 e. The Labute approximate surface area is 307 Å². The fourth-order valence-electron chi connectivity index (χ4n) is 7.12. The molecule has 0 fully saturated rings. The smallest absolute Gasteiger partial charge is 0.157 e. The van der Waals surface area contributed by atoms with E-state index in [4.69, 9.17) is 11.5 Å². The van der Waals surface area contributed by atoms with Gasteiger partial charge in [-0.05, 0) is 66.2 Å². The Morgan fingerprint density at radius 3 is 0.760 bits per heavy atom. The van der Waals surface area contributed by atoms with Crippen LogP contribution in [0.15, 0.2) is 97.1 Å². The first-order valence-corrected chi connectivity index (χ1v) is 19.1. The van der Waals surface area contributed by atoms with Gasteiger partial charge in [0.05, 0.1) is 0 Å². The SMILES string of the molecule is CC(C)(C)c1cccc(C(N)(BCCCCBC(N)(c2cccc(C(C)(C)C)c2)c2cccc(C(C)(C)C)c2)c2cccc(C(C)(C)C)c2)c1. The summed E-state index contributed by atoms with van der Waals surface area (Å²) in [5.41, 5.74) is 24.3. The summed E-state index contributed by atoms with van der Waals surface area (Å²) in [5, 5.41) is 0. The van der Waals surface area contributed by atoms with Crippen LogP contribution < -0.4 is 11.5 Å². The van der Waals surface area contributed by atoms with Crippen molar-refractivity contribution in [3.63, 3.8) is 0 Å². The molecule has 4 aromatic rings. The van der Waals surface area contributed by atoms with E-state index in [0.29, 0.717) is 0 Å². The second kappa shape index (κ2) is 14.9. The van der Waals surface area contributed by atoms with Gasteiger partial charge in [-0.3, -0.25) is 0 Å². The van der Waals surface area contributed by atoms with E-state index in [2.05, 4.69) is 180 Å². The second-order valence-electron chi connectivity index (χ2n) is 19.2. The molecular weight excluding hydrogens is 602 g/mol. The zero-order valence-corrected chi connectivity index (χ0v) is 33.6. The van der Waals surface area contributed by atoms with Gasteiger partial charge in [-0.2, -0.15) is 0 Å². The van der Waals surface area contributed by atoms with Gasteiger partial charge in [-0.25, -0.2) is 0 Å². The highest BCUT2D eigenvalue weighted by molar-refractivity contribution is 6.42. The molecule has 50 heavy (non-hydrogen) atoms. The molecule has 266 valence electrons. The van der Waals surface area contributed by atoms with Crippen LogP contribution >= 0.6 is 0 Å². The van der Waals surface area contributed by atoms with Gasteiger partial charge in [-0.1, -0.05) is 206 Å². The Balaban J connectivity index is 1.58. The fraction of sp³-hybridized carbons (Fsp3) is 0.478. The lowest BCUT2D eigenvalue weighted by atomic mass is 9.48. The molecule has 0 amide bonds. The van der Waals surface area contributed by atoms with Crippen molar-refractivity contribution in [1.82, 2.24) is 0 Å². The van der Waals surface area contributed by atoms with E-state index in [1.54, 1.807) is 0 Å². The largest absolute Gasteiger partial charge is 0.325 e.